The molecule has 114 valence electrons. The Balaban J connectivity index is 2.72. The Morgan fingerprint density at radius 2 is 1.90 bits per heavy atom. The first kappa shape index (κ1) is 17.3. The molecule has 0 heterocycles. The van der Waals surface area contributed by atoms with Crippen molar-refractivity contribution in [2.45, 2.75) is 51.0 Å². The van der Waals surface area contributed by atoms with Crippen molar-refractivity contribution in [3.05, 3.63) is 23.2 Å². The smallest absolute Gasteiger partial charge is 0.242 e. The number of hydrogen-bond acceptors (Lipinski definition) is 3. The lowest BCUT2D eigenvalue weighted by Gasteiger charge is -2.15. The minimum absolute atomic E-state index is 0.0369. The quantitative estimate of drug-likeness (QED) is 0.757. The van der Waals surface area contributed by atoms with Crippen LogP contribution in [0, 0.1) is 5.92 Å². The molecule has 6 heteroatoms. The molecule has 1 atom stereocenters. The third-order valence-corrected chi connectivity index (χ3v) is 5.09. The lowest BCUT2D eigenvalue weighted by Crippen LogP contribution is -2.32. The zero-order chi connectivity index (χ0) is 15.3. The maximum absolute atomic E-state index is 12.3. The SMILES string of the molecule is CC(C)CCCC(C)NS(=O)(=O)c1cc(N)ccc1Cl. The third kappa shape index (κ3) is 5.31. The van der Waals surface area contributed by atoms with E-state index in [1.807, 2.05) is 6.92 Å². The third-order valence-electron chi connectivity index (χ3n) is 3.02. The van der Waals surface area contributed by atoms with E-state index in [-0.39, 0.29) is 16.0 Å². The first-order chi connectivity index (χ1) is 9.22. The molecule has 0 radical (unpaired) electrons. The van der Waals surface area contributed by atoms with Crippen LogP contribution in [0.2, 0.25) is 5.02 Å². The predicted octanol–water partition coefficient (Wildman–Crippen LogP) is 3.42. The summed E-state index contributed by atoms with van der Waals surface area (Å²) in [6, 6.07) is 4.32. The molecule has 0 aliphatic rings. The van der Waals surface area contributed by atoms with Gasteiger partial charge in [0.25, 0.3) is 0 Å². The largest absolute Gasteiger partial charge is 0.399 e. The van der Waals surface area contributed by atoms with Gasteiger partial charge in [0.15, 0.2) is 0 Å². The number of hydrogen-bond donors (Lipinski definition) is 2. The van der Waals surface area contributed by atoms with Crippen LogP contribution in [0.15, 0.2) is 23.1 Å². The number of halogens is 1. The molecular weight excluding hydrogens is 296 g/mol. The second kappa shape index (κ2) is 7.29. The van der Waals surface area contributed by atoms with E-state index in [0.29, 0.717) is 11.6 Å². The topological polar surface area (TPSA) is 72.2 Å². The summed E-state index contributed by atoms with van der Waals surface area (Å²) in [5.74, 6) is 0.627. The van der Waals surface area contributed by atoms with Crippen LogP contribution in [0.4, 0.5) is 5.69 Å². The number of nitrogens with two attached hydrogens (primary N) is 1. The minimum atomic E-state index is -3.63. The van der Waals surface area contributed by atoms with Crippen LogP contribution in [-0.4, -0.2) is 14.5 Å². The highest BCUT2D eigenvalue weighted by Crippen LogP contribution is 2.24. The second-order valence-corrected chi connectivity index (χ2v) is 7.63. The molecular formula is C14H23ClN2O2S. The van der Waals surface area contributed by atoms with Gasteiger partial charge in [-0.25, -0.2) is 13.1 Å². The number of rotatable bonds is 7. The standard InChI is InChI=1S/C14H23ClN2O2S/c1-10(2)5-4-6-11(3)17-20(18,19)14-9-12(16)7-8-13(14)15/h7-11,17H,4-6,16H2,1-3H3. The number of anilines is 1. The number of nitrogens with one attached hydrogen (secondary N) is 1. The van der Waals surface area contributed by atoms with Gasteiger partial charge in [0.2, 0.25) is 10.0 Å². The molecule has 4 nitrogen and oxygen atoms in total. The highest BCUT2D eigenvalue weighted by atomic mass is 35.5. The van der Waals surface area contributed by atoms with Crippen LogP contribution < -0.4 is 10.5 Å². The van der Waals surface area contributed by atoms with Gasteiger partial charge in [-0.2, -0.15) is 0 Å². The van der Waals surface area contributed by atoms with E-state index >= 15 is 0 Å². The average Bonchev–Trinajstić information content (AvgIpc) is 2.31. The van der Waals surface area contributed by atoms with E-state index in [1.165, 1.54) is 12.1 Å². The van der Waals surface area contributed by atoms with Crippen LogP contribution in [0.5, 0.6) is 0 Å². The maximum atomic E-state index is 12.3. The average molecular weight is 319 g/mol. The van der Waals surface area contributed by atoms with Crippen molar-refractivity contribution in [1.29, 1.82) is 0 Å². The lowest BCUT2D eigenvalue weighted by atomic mass is 10.0. The van der Waals surface area contributed by atoms with Gasteiger partial charge in [-0.05, 0) is 37.5 Å². The number of sulfonamides is 1. The number of nitrogen functional groups attached to an aromatic ring is 1. The Labute approximate surface area is 126 Å². The van der Waals surface area contributed by atoms with Crippen LogP contribution in [0.25, 0.3) is 0 Å². The fourth-order valence-electron chi connectivity index (χ4n) is 1.95. The van der Waals surface area contributed by atoms with E-state index in [1.54, 1.807) is 6.07 Å². The van der Waals surface area contributed by atoms with Crippen molar-refractivity contribution < 1.29 is 8.42 Å². The summed E-state index contributed by atoms with van der Waals surface area (Å²) >= 11 is 5.94. The zero-order valence-electron chi connectivity index (χ0n) is 12.2. The van der Waals surface area contributed by atoms with Crippen molar-refractivity contribution >= 4 is 27.3 Å². The highest BCUT2D eigenvalue weighted by molar-refractivity contribution is 7.89. The molecule has 0 saturated carbocycles. The molecule has 1 rings (SSSR count). The van der Waals surface area contributed by atoms with Gasteiger partial charge in [-0.15, -0.1) is 0 Å². The molecule has 3 N–H and O–H groups in total. The van der Waals surface area contributed by atoms with Gasteiger partial charge in [0.1, 0.15) is 4.90 Å². The van der Waals surface area contributed by atoms with Crippen molar-refractivity contribution in [3.63, 3.8) is 0 Å². The Morgan fingerprint density at radius 1 is 1.25 bits per heavy atom. The van der Waals surface area contributed by atoms with Gasteiger partial charge in [-0.3, -0.25) is 0 Å². The molecule has 0 aliphatic heterocycles. The molecule has 0 bridgehead atoms. The van der Waals surface area contributed by atoms with E-state index in [2.05, 4.69) is 18.6 Å². The summed E-state index contributed by atoms with van der Waals surface area (Å²) in [4.78, 5) is 0.0369. The first-order valence-electron chi connectivity index (χ1n) is 6.79. The number of benzene rings is 1. The lowest BCUT2D eigenvalue weighted by molar-refractivity contribution is 0.488. The van der Waals surface area contributed by atoms with Gasteiger partial charge < -0.3 is 5.73 Å². The molecule has 0 aromatic heterocycles. The van der Waals surface area contributed by atoms with Crippen molar-refractivity contribution in [2.75, 3.05) is 5.73 Å². The summed E-state index contributed by atoms with van der Waals surface area (Å²) in [5, 5.41) is 0.182. The monoisotopic (exact) mass is 318 g/mol. The molecule has 0 spiro atoms. The molecule has 20 heavy (non-hydrogen) atoms. The van der Waals surface area contributed by atoms with Crippen LogP contribution >= 0.6 is 11.6 Å². The molecule has 1 unspecified atom stereocenters. The van der Waals surface area contributed by atoms with Crippen LogP contribution in [-0.2, 0) is 10.0 Å². The fraction of sp³-hybridized carbons (Fsp3) is 0.571. The molecule has 1 aromatic carbocycles. The summed E-state index contributed by atoms with van der Waals surface area (Å²) in [6.07, 6.45) is 2.88. The van der Waals surface area contributed by atoms with Gasteiger partial charge in [0.05, 0.1) is 5.02 Å². The minimum Gasteiger partial charge on any atom is -0.399 e. The van der Waals surface area contributed by atoms with Gasteiger partial charge in [0, 0.05) is 11.7 Å². The Hall–Kier alpha value is -0.780. The van der Waals surface area contributed by atoms with E-state index in [4.69, 9.17) is 17.3 Å². The molecule has 1 aromatic rings. The molecule has 0 aliphatic carbocycles. The summed E-state index contributed by atoms with van der Waals surface area (Å²) in [7, 11) is -3.63. The van der Waals surface area contributed by atoms with Crippen LogP contribution in [0.1, 0.15) is 40.0 Å². The summed E-state index contributed by atoms with van der Waals surface area (Å²) in [6.45, 7) is 6.17. The predicted molar refractivity (Wildman–Crippen MR) is 84.3 cm³/mol. The molecule has 0 amide bonds. The van der Waals surface area contributed by atoms with Gasteiger partial charge in [-0.1, -0.05) is 38.3 Å². The fourth-order valence-corrected chi connectivity index (χ4v) is 3.76. The van der Waals surface area contributed by atoms with Crippen molar-refractivity contribution in [2.24, 2.45) is 5.92 Å². The van der Waals surface area contributed by atoms with E-state index in [0.717, 1.165) is 19.3 Å². The van der Waals surface area contributed by atoms with Gasteiger partial charge >= 0.3 is 0 Å². The van der Waals surface area contributed by atoms with Crippen molar-refractivity contribution in [1.82, 2.24) is 4.72 Å². The second-order valence-electron chi connectivity index (χ2n) is 5.54. The Morgan fingerprint density at radius 3 is 2.50 bits per heavy atom. The summed E-state index contributed by atoms with van der Waals surface area (Å²) in [5.41, 5.74) is 5.99. The Bertz CT molecular complexity index is 544. The van der Waals surface area contributed by atoms with E-state index in [9.17, 15) is 8.42 Å². The van der Waals surface area contributed by atoms with Crippen LogP contribution in [0.3, 0.4) is 0 Å². The highest BCUT2D eigenvalue weighted by Gasteiger charge is 2.20. The first-order valence-corrected chi connectivity index (χ1v) is 8.66. The Kier molecular flexibility index (Phi) is 6.30. The maximum Gasteiger partial charge on any atom is 0.242 e. The van der Waals surface area contributed by atoms with E-state index < -0.39 is 10.0 Å². The molecule has 0 fully saturated rings. The molecule has 0 saturated heterocycles. The van der Waals surface area contributed by atoms with Crippen molar-refractivity contribution in [3.8, 4) is 0 Å². The zero-order valence-corrected chi connectivity index (χ0v) is 13.8. The normalized spacial score (nSPS) is 13.7. The summed E-state index contributed by atoms with van der Waals surface area (Å²) < 4.78 is 27.2.